The molecular formula is C10H10ClF2NO2. The van der Waals surface area contributed by atoms with E-state index in [4.69, 9.17) is 16.7 Å². The van der Waals surface area contributed by atoms with E-state index in [1.54, 1.807) is 0 Å². The van der Waals surface area contributed by atoms with E-state index in [9.17, 15) is 13.6 Å². The maximum Gasteiger partial charge on any atom is 0.307 e. The third kappa shape index (κ3) is 2.88. The van der Waals surface area contributed by atoms with Crippen molar-refractivity contribution in [3.8, 4) is 0 Å². The molecule has 6 heteroatoms. The summed E-state index contributed by atoms with van der Waals surface area (Å²) in [6.07, 6.45) is -3.03. The predicted molar refractivity (Wildman–Crippen MR) is 54.8 cm³/mol. The van der Waals surface area contributed by atoms with Gasteiger partial charge in [-0.05, 0) is 24.1 Å². The first kappa shape index (κ1) is 12.8. The Morgan fingerprint density at radius 1 is 1.62 bits per heavy atom. The summed E-state index contributed by atoms with van der Waals surface area (Å²) in [4.78, 5) is 14.2. The predicted octanol–water partition coefficient (Wildman–Crippen LogP) is 2.69. The number of nitrogens with zero attached hydrogens (tertiary/aromatic N) is 1. The smallest absolute Gasteiger partial charge is 0.307 e. The van der Waals surface area contributed by atoms with Gasteiger partial charge in [-0.1, -0.05) is 0 Å². The van der Waals surface area contributed by atoms with Crippen molar-refractivity contribution in [3.05, 3.63) is 28.6 Å². The Bertz CT molecular complexity index is 410. The molecule has 0 aliphatic carbocycles. The second-order valence-corrected chi connectivity index (χ2v) is 3.56. The number of hydrogen-bond donors (Lipinski definition) is 1. The third-order valence-corrected chi connectivity index (χ3v) is 2.43. The molecular weight excluding hydrogens is 240 g/mol. The molecule has 0 radical (unpaired) electrons. The molecule has 0 fully saturated rings. The van der Waals surface area contributed by atoms with Gasteiger partial charge in [0, 0.05) is 0 Å². The van der Waals surface area contributed by atoms with Gasteiger partial charge in [0.15, 0.2) is 0 Å². The lowest BCUT2D eigenvalue weighted by molar-refractivity contribution is -0.136. The largest absolute Gasteiger partial charge is 0.481 e. The monoisotopic (exact) mass is 249 g/mol. The van der Waals surface area contributed by atoms with Gasteiger partial charge in [-0.15, -0.1) is 11.6 Å². The summed E-state index contributed by atoms with van der Waals surface area (Å²) in [6, 6.07) is 1.45. The van der Waals surface area contributed by atoms with Crippen molar-refractivity contribution in [2.24, 2.45) is 0 Å². The number of pyridine rings is 1. The fourth-order valence-corrected chi connectivity index (χ4v) is 1.51. The second kappa shape index (κ2) is 5.21. The maximum atomic E-state index is 12.6. The van der Waals surface area contributed by atoms with Crippen LogP contribution in [0.4, 0.5) is 8.78 Å². The average Bonchev–Trinajstić information content (AvgIpc) is 2.19. The number of carboxylic acid groups (broad SMARTS) is 1. The Labute approximate surface area is 96.1 Å². The molecule has 0 aliphatic heterocycles. The van der Waals surface area contributed by atoms with Crippen molar-refractivity contribution in [2.45, 2.75) is 25.7 Å². The quantitative estimate of drug-likeness (QED) is 0.835. The van der Waals surface area contributed by atoms with E-state index >= 15 is 0 Å². The van der Waals surface area contributed by atoms with E-state index in [1.165, 1.54) is 13.0 Å². The molecule has 1 N–H and O–H groups in total. The molecule has 0 unspecified atom stereocenters. The number of halogens is 3. The van der Waals surface area contributed by atoms with Gasteiger partial charge >= 0.3 is 5.97 Å². The SMILES string of the molecule is Cc1c(CC(=O)O)cc(CCl)nc1C(F)F. The van der Waals surface area contributed by atoms with E-state index in [1.807, 2.05) is 0 Å². The standard InChI is InChI=1S/C10H10ClF2NO2/c1-5-6(3-8(15)16)2-7(4-11)14-9(5)10(12)13/h2,10H,3-4H2,1H3,(H,15,16). The highest BCUT2D eigenvalue weighted by Crippen LogP contribution is 2.24. The molecule has 88 valence electrons. The van der Waals surface area contributed by atoms with Crippen molar-refractivity contribution in [2.75, 3.05) is 0 Å². The summed E-state index contributed by atoms with van der Waals surface area (Å²) in [5, 5.41) is 8.64. The van der Waals surface area contributed by atoms with Crippen molar-refractivity contribution < 1.29 is 18.7 Å². The van der Waals surface area contributed by atoms with Crippen LogP contribution in [0, 0.1) is 6.92 Å². The zero-order valence-electron chi connectivity index (χ0n) is 8.51. The molecule has 0 spiro atoms. The number of hydrogen-bond acceptors (Lipinski definition) is 2. The number of alkyl halides is 3. The van der Waals surface area contributed by atoms with Crippen LogP contribution >= 0.6 is 11.6 Å². The first-order valence-electron chi connectivity index (χ1n) is 4.51. The fourth-order valence-electron chi connectivity index (χ4n) is 1.37. The molecule has 1 aromatic heterocycles. The highest BCUT2D eigenvalue weighted by Gasteiger charge is 2.17. The van der Waals surface area contributed by atoms with Crippen LogP contribution in [0.1, 0.15) is 28.9 Å². The molecule has 0 aliphatic rings. The number of carboxylic acids is 1. The average molecular weight is 250 g/mol. The minimum absolute atomic E-state index is 0.0212. The molecule has 0 saturated heterocycles. The second-order valence-electron chi connectivity index (χ2n) is 3.29. The van der Waals surface area contributed by atoms with Gasteiger partial charge in [0.2, 0.25) is 0 Å². The van der Waals surface area contributed by atoms with Gasteiger partial charge in [-0.25, -0.2) is 8.78 Å². The van der Waals surface area contributed by atoms with Crippen molar-refractivity contribution in [1.82, 2.24) is 4.98 Å². The first-order chi connectivity index (χ1) is 7.45. The topological polar surface area (TPSA) is 50.2 Å². The van der Waals surface area contributed by atoms with Crippen LogP contribution in [-0.2, 0) is 17.1 Å². The lowest BCUT2D eigenvalue weighted by atomic mass is 10.0. The van der Waals surface area contributed by atoms with Crippen LogP contribution in [0.2, 0.25) is 0 Å². The minimum atomic E-state index is -2.73. The lowest BCUT2D eigenvalue weighted by Crippen LogP contribution is -2.07. The highest BCUT2D eigenvalue weighted by atomic mass is 35.5. The molecule has 1 rings (SSSR count). The highest BCUT2D eigenvalue weighted by molar-refractivity contribution is 6.16. The first-order valence-corrected chi connectivity index (χ1v) is 5.04. The van der Waals surface area contributed by atoms with Crippen molar-refractivity contribution >= 4 is 17.6 Å². The molecule has 0 aromatic carbocycles. The molecule has 0 saturated carbocycles. The van der Waals surface area contributed by atoms with Crippen molar-refractivity contribution in [1.29, 1.82) is 0 Å². The number of aliphatic carboxylic acids is 1. The number of rotatable bonds is 4. The van der Waals surface area contributed by atoms with Gasteiger partial charge in [-0.3, -0.25) is 9.78 Å². The van der Waals surface area contributed by atoms with E-state index in [2.05, 4.69) is 4.98 Å². The van der Waals surface area contributed by atoms with Crippen molar-refractivity contribution in [3.63, 3.8) is 0 Å². The van der Waals surface area contributed by atoms with E-state index in [-0.39, 0.29) is 23.6 Å². The fraction of sp³-hybridized carbons (Fsp3) is 0.400. The summed E-state index contributed by atoms with van der Waals surface area (Å²) in [6.45, 7) is 1.44. The zero-order chi connectivity index (χ0) is 12.3. The van der Waals surface area contributed by atoms with Crippen LogP contribution in [0.25, 0.3) is 0 Å². The van der Waals surface area contributed by atoms with Crippen LogP contribution in [0.15, 0.2) is 6.07 Å². The summed E-state index contributed by atoms with van der Waals surface area (Å²) in [5.74, 6) is -1.10. The molecule has 16 heavy (non-hydrogen) atoms. The van der Waals surface area contributed by atoms with Crippen LogP contribution in [0.3, 0.4) is 0 Å². The van der Waals surface area contributed by atoms with E-state index in [0.717, 1.165) is 0 Å². The van der Waals surface area contributed by atoms with Gasteiger partial charge in [0.1, 0.15) is 5.69 Å². The Hall–Kier alpha value is -1.23. The van der Waals surface area contributed by atoms with Gasteiger partial charge in [-0.2, -0.15) is 0 Å². The van der Waals surface area contributed by atoms with Crippen LogP contribution in [0.5, 0.6) is 0 Å². The maximum absolute atomic E-state index is 12.6. The summed E-state index contributed by atoms with van der Waals surface area (Å²) in [7, 11) is 0. The van der Waals surface area contributed by atoms with Crippen LogP contribution < -0.4 is 0 Å². The van der Waals surface area contributed by atoms with Gasteiger partial charge in [0.25, 0.3) is 6.43 Å². The molecule has 1 heterocycles. The van der Waals surface area contributed by atoms with E-state index in [0.29, 0.717) is 5.56 Å². The number of carbonyl (C=O) groups is 1. The minimum Gasteiger partial charge on any atom is -0.481 e. The Morgan fingerprint density at radius 2 is 2.25 bits per heavy atom. The van der Waals surface area contributed by atoms with Crippen LogP contribution in [-0.4, -0.2) is 16.1 Å². The van der Waals surface area contributed by atoms with Gasteiger partial charge in [0.05, 0.1) is 18.0 Å². The number of aromatic nitrogens is 1. The summed E-state index contributed by atoms with van der Waals surface area (Å²) in [5.41, 5.74) is 0.410. The lowest BCUT2D eigenvalue weighted by Gasteiger charge is -2.10. The summed E-state index contributed by atoms with van der Waals surface area (Å²) < 4.78 is 25.2. The normalized spacial score (nSPS) is 10.8. The molecule has 0 bridgehead atoms. The Balaban J connectivity index is 3.25. The zero-order valence-corrected chi connectivity index (χ0v) is 9.26. The van der Waals surface area contributed by atoms with E-state index < -0.39 is 18.1 Å². The Morgan fingerprint density at radius 3 is 2.69 bits per heavy atom. The molecule has 0 atom stereocenters. The third-order valence-electron chi connectivity index (χ3n) is 2.16. The van der Waals surface area contributed by atoms with Gasteiger partial charge < -0.3 is 5.11 Å². The molecule has 0 amide bonds. The molecule has 3 nitrogen and oxygen atoms in total. The summed E-state index contributed by atoms with van der Waals surface area (Å²) >= 11 is 5.51. The molecule has 1 aromatic rings. The Kier molecular flexibility index (Phi) is 4.18.